The lowest BCUT2D eigenvalue weighted by atomic mass is 10.1. The summed E-state index contributed by atoms with van der Waals surface area (Å²) in [5.74, 6) is 0. The van der Waals surface area contributed by atoms with E-state index in [4.69, 9.17) is 0 Å². The van der Waals surface area contributed by atoms with Gasteiger partial charge in [0.25, 0.3) is 0 Å². The van der Waals surface area contributed by atoms with Crippen molar-refractivity contribution in [3.8, 4) is 0 Å². The summed E-state index contributed by atoms with van der Waals surface area (Å²) in [6, 6.07) is 0.363. The van der Waals surface area contributed by atoms with Gasteiger partial charge in [-0.05, 0) is 20.3 Å². The number of nitrogens with zero attached hydrogens (tertiary/aromatic N) is 2. The van der Waals surface area contributed by atoms with Gasteiger partial charge in [0.15, 0.2) is 0 Å². The molecular weight excluding hydrogens is 188 g/mol. The van der Waals surface area contributed by atoms with Crippen LogP contribution in [-0.4, -0.2) is 14.9 Å². The van der Waals surface area contributed by atoms with Gasteiger partial charge in [0.05, 0.1) is 12.3 Å². The van der Waals surface area contributed by atoms with Crippen molar-refractivity contribution >= 4 is 0 Å². The van der Waals surface area contributed by atoms with Crippen LogP contribution in [0, 0.1) is 0 Å². The van der Waals surface area contributed by atoms with Crippen LogP contribution in [-0.2, 0) is 0 Å². The molecule has 0 fully saturated rings. The molecule has 0 radical (unpaired) electrons. The molecule has 1 rings (SSSR count). The minimum atomic E-state index is -0.343. The lowest BCUT2D eigenvalue weighted by Gasteiger charge is -2.07. The Balaban J connectivity index is 2.47. The molecule has 15 heavy (non-hydrogen) atoms. The van der Waals surface area contributed by atoms with Crippen LogP contribution >= 0.6 is 0 Å². The number of hydrogen-bond acceptors (Lipinski definition) is 2. The minimum absolute atomic E-state index is 0.343. The molecule has 0 aliphatic heterocycles. The van der Waals surface area contributed by atoms with Gasteiger partial charge in [0.1, 0.15) is 0 Å². The van der Waals surface area contributed by atoms with Gasteiger partial charge >= 0.3 is 0 Å². The van der Waals surface area contributed by atoms with Crippen LogP contribution in [0.4, 0.5) is 0 Å². The van der Waals surface area contributed by atoms with Gasteiger partial charge < -0.3 is 5.11 Å². The van der Waals surface area contributed by atoms with E-state index in [-0.39, 0.29) is 6.10 Å². The van der Waals surface area contributed by atoms with Gasteiger partial charge in [-0.25, -0.2) is 0 Å². The summed E-state index contributed by atoms with van der Waals surface area (Å²) in [5, 5.41) is 14.1. The van der Waals surface area contributed by atoms with E-state index in [0.717, 1.165) is 18.4 Å². The van der Waals surface area contributed by atoms with Crippen LogP contribution in [0.5, 0.6) is 0 Å². The van der Waals surface area contributed by atoms with Crippen LogP contribution < -0.4 is 0 Å². The van der Waals surface area contributed by atoms with Crippen molar-refractivity contribution in [2.24, 2.45) is 0 Å². The molecule has 0 saturated carbocycles. The predicted octanol–water partition coefficient (Wildman–Crippen LogP) is 3.08. The standard InChI is InChI=1S/C12H22N2O/c1-4-5-6-7-12(15)11-8-13-14(9-11)10(2)3/h8-10,12,15H,4-7H2,1-3H3. The molecule has 0 amide bonds. The number of aliphatic hydroxyl groups is 1. The average molecular weight is 210 g/mol. The summed E-state index contributed by atoms with van der Waals surface area (Å²) in [6.45, 7) is 6.34. The predicted molar refractivity (Wildman–Crippen MR) is 61.7 cm³/mol. The number of aromatic nitrogens is 2. The van der Waals surface area contributed by atoms with Crippen molar-refractivity contribution in [3.63, 3.8) is 0 Å². The van der Waals surface area contributed by atoms with Crippen molar-refractivity contribution in [2.75, 3.05) is 0 Å². The van der Waals surface area contributed by atoms with Crippen molar-refractivity contribution in [1.29, 1.82) is 0 Å². The lowest BCUT2D eigenvalue weighted by molar-refractivity contribution is 0.163. The second-order valence-corrected chi connectivity index (χ2v) is 4.36. The van der Waals surface area contributed by atoms with Crippen molar-refractivity contribution in [1.82, 2.24) is 9.78 Å². The van der Waals surface area contributed by atoms with E-state index in [1.165, 1.54) is 12.8 Å². The normalized spacial score (nSPS) is 13.4. The van der Waals surface area contributed by atoms with Gasteiger partial charge in [-0.1, -0.05) is 26.2 Å². The number of rotatable bonds is 6. The van der Waals surface area contributed by atoms with Crippen LogP contribution in [0.2, 0.25) is 0 Å². The summed E-state index contributed by atoms with van der Waals surface area (Å²) in [6.07, 6.45) is 7.69. The van der Waals surface area contributed by atoms with E-state index in [2.05, 4.69) is 25.9 Å². The van der Waals surface area contributed by atoms with Gasteiger partial charge in [0.2, 0.25) is 0 Å². The lowest BCUT2D eigenvalue weighted by Crippen LogP contribution is -2.00. The van der Waals surface area contributed by atoms with Crippen LogP contribution in [0.3, 0.4) is 0 Å². The van der Waals surface area contributed by atoms with Crippen LogP contribution in [0.15, 0.2) is 12.4 Å². The first kappa shape index (κ1) is 12.2. The Bertz CT molecular complexity index is 281. The highest BCUT2D eigenvalue weighted by Gasteiger charge is 2.10. The van der Waals surface area contributed by atoms with Crippen LogP contribution in [0.25, 0.3) is 0 Å². The maximum atomic E-state index is 9.89. The summed E-state index contributed by atoms with van der Waals surface area (Å²) < 4.78 is 1.89. The molecule has 0 bridgehead atoms. The van der Waals surface area contributed by atoms with Crippen molar-refractivity contribution < 1.29 is 5.11 Å². The Morgan fingerprint density at radius 3 is 2.67 bits per heavy atom. The monoisotopic (exact) mass is 210 g/mol. The maximum absolute atomic E-state index is 9.89. The SMILES string of the molecule is CCCCCC(O)c1cnn(C(C)C)c1. The highest BCUT2D eigenvalue weighted by atomic mass is 16.3. The zero-order valence-corrected chi connectivity index (χ0v) is 9.98. The molecule has 0 aliphatic carbocycles. The zero-order valence-electron chi connectivity index (χ0n) is 9.98. The molecule has 1 N–H and O–H groups in total. The zero-order chi connectivity index (χ0) is 11.3. The summed E-state index contributed by atoms with van der Waals surface area (Å²) in [7, 11) is 0. The smallest absolute Gasteiger partial charge is 0.0820 e. The van der Waals surface area contributed by atoms with E-state index in [1.807, 2.05) is 10.9 Å². The van der Waals surface area contributed by atoms with E-state index < -0.39 is 0 Å². The fourth-order valence-corrected chi connectivity index (χ4v) is 1.56. The number of unbranched alkanes of at least 4 members (excludes halogenated alkanes) is 2. The highest BCUT2D eigenvalue weighted by Crippen LogP contribution is 2.19. The van der Waals surface area contributed by atoms with Gasteiger partial charge in [0, 0.05) is 17.8 Å². The average Bonchev–Trinajstić information content (AvgIpc) is 2.66. The third-order valence-electron chi connectivity index (χ3n) is 2.62. The molecule has 1 unspecified atom stereocenters. The summed E-state index contributed by atoms with van der Waals surface area (Å²) in [5.41, 5.74) is 0.944. The Morgan fingerprint density at radius 2 is 2.13 bits per heavy atom. The van der Waals surface area contributed by atoms with Crippen LogP contribution in [0.1, 0.15) is 64.2 Å². The molecule has 86 valence electrons. The van der Waals surface area contributed by atoms with Gasteiger partial charge in [-0.15, -0.1) is 0 Å². The first-order valence-corrected chi connectivity index (χ1v) is 5.87. The Kier molecular flexibility index (Phi) is 4.82. The van der Waals surface area contributed by atoms with E-state index >= 15 is 0 Å². The largest absolute Gasteiger partial charge is 0.388 e. The molecular formula is C12H22N2O. The molecule has 0 aromatic carbocycles. The molecule has 1 aromatic rings. The molecule has 3 nitrogen and oxygen atoms in total. The molecule has 3 heteroatoms. The molecule has 0 saturated heterocycles. The van der Waals surface area contributed by atoms with Gasteiger partial charge in [-0.2, -0.15) is 5.10 Å². The van der Waals surface area contributed by atoms with Gasteiger partial charge in [-0.3, -0.25) is 4.68 Å². The summed E-state index contributed by atoms with van der Waals surface area (Å²) >= 11 is 0. The fourth-order valence-electron chi connectivity index (χ4n) is 1.56. The Labute approximate surface area is 92.1 Å². The maximum Gasteiger partial charge on any atom is 0.0820 e. The third-order valence-corrected chi connectivity index (χ3v) is 2.62. The molecule has 1 aromatic heterocycles. The Morgan fingerprint density at radius 1 is 1.40 bits per heavy atom. The molecule has 0 spiro atoms. The van der Waals surface area contributed by atoms with Crippen molar-refractivity contribution in [3.05, 3.63) is 18.0 Å². The molecule has 0 aliphatic rings. The number of aliphatic hydroxyl groups excluding tert-OH is 1. The van der Waals surface area contributed by atoms with Crippen molar-refractivity contribution in [2.45, 2.75) is 58.6 Å². The van der Waals surface area contributed by atoms with E-state index in [9.17, 15) is 5.11 Å². The van der Waals surface area contributed by atoms with E-state index in [1.54, 1.807) is 6.20 Å². The quantitative estimate of drug-likeness (QED) is 0.733. The van der Waals surface area contributed by atoms with E-state index in [0.29, 0.717) is 6.04 Å². The Hall–Kier alpha value is -0.830. The topological polar surface area (TPSA) is 38.1 Å². The second-order valence-electron chi connectivity index (χ2n) is 4.36. The first-order chi connectivity index (χ1) is 7.15. The second kappa shape index (κ2) is 5.91. The first-order valence-electron chi connectivity index (χ1n) is 5.87. The minimum Gasteiger partial charge on any atom is -0.388 e. The number of hydrogen-bond donors (Lipinski definition) is 1. The highest BCUT2D eigenvalue weighted by molar-refractivity contribution is 5.08. The molecule has 1 atom stereocenters. The molecule has 1 heterocycles. The fraction of sp³-hybridized carbons (Fsp3) is 0.750. The third kappa shape index (κ3) is 3.67. The summed E-state index contributed by atoms with van der Waals surface area (Å²) in [4.78, 5) is 0.